The van der Waals surface area contributed by atoms with Crippen LogP contribution < -0.4 is 19.1 Å². The Kier molecular flexibility index (Phi) is 5.85. The first-order chi connectivity index (χ1) is 13.0. The van der Waals surface area contributed by atoms with E-state index >= 15 is 0 Å². The molecular formula is C19H22N2O5S. The summed E-state index contributed by atoms with van der Waals surface area (Å²) >= 11 is 0. The summed E-state index contributed by atoms with van der Waals surface area (Å²) in [5, 5.41) is 2.73. The summed E-state index contributed by atoms with van der Waals surface area (Å²) in [5.74, 6) is 0.661. The summed E-state index contributed by atoms with van der Waals surface area (Å²) in [4.78, 5) is 12.5. The first kappa shape index (κ1) is 19.0. The van der Waals surface area contributed by atoms with E-state index in [0.717, 1.165) is 5.75 Å². The molecule has 7 nitrogen and oxygen atoms in total. The van der Waals surface area contributed by atoms with Crippen LogP contribution in [-0.2, 0) is 14.8 Å². The molecule has 1 N–H and O–H groups in total. The molecule has 0 radical (unpaired) electrons. The van der Waals surface area contributed by atoms with Crippen molar-refractivity contribution >= 4 is 21.6 Å². The lowest BCUT2D eigenvalue weighted by atomic mass is 10.2. The van der Waals surface area contributed by atoms with Crippen LogP contribution in [0.5, 0.6) is 11.5 Å². The Morgan fingerprint density at radius 3 is 2.63 bits per heavy atom. The molecule has 8 heteroatoms. The van der Waals surface area contributed by atoms with Gasteiger partial charge in [-0.2, -0.15) is 0 Å². The molecule has 144 valence electrons. The molecule has 0 fully saturated rings. The number of hydrogen-bond acceptors (Lipinski definition) is 5. The molecular weight excluding hydrogens is 368 g/mol. The Morgan fingerprint density at radius 2 is 1.89 bits per heavy atom. The SMILES string of the molecule is CCS(=O)(=O)N1C[C@H](C(=O)NCCOc2ccccc2)Oc2ccccc21. The van der Waals surface area contributed by atoms with Gasteiger partial charge in [0, 0.05) is 0 Å². The number of rotatable bonds is 7. The molecule has 0 spiro atoms. The van der Waals surface area contributed by atoms with E-state index in [4.69, 9.17) is 9.47 Å². The Bertz CT molecular complexity index is 886. The lowest BCUT2D eigenvalue weighted by Gasteiger charge is -2.34. The summed E-state index contributed by atoms with van der Waals surface area (Å²) in [6.07, 6.45) is -0.919. The third kappa shape index (κ3) is 4.51. The summed E-state index contributed by atoms with van der Waals surface area (Å²) in [6.45, 7) is 2.10. The van der Waals surface area contributed by atoms with E-state index in [0.29, 0.717) is 18.0 Å². The van der Waals surface area contributed by atoms with Gasteiger partial charge in [0.25, 0.3) is 5.91 Å². The van der Waals surface area contributed by atoms with Crippen molar-refractivity contribution in [2.45, 2.75) is 13.0 Å². The van der Waals surface area contributed by atoms with Crippen molar-refractivity contribution in [3.63, 3.8) is 0 Å². The summed E-state index contributed by atoms with van der Waals surface area (Å²) < 4.78 is 37.3. The molecule has 27 heavy (non-hydrogen) atoms. The molecule has 3 rings (SSSR count). The van der Waals surface area contributed by atoms with Crippen LogP contribution in [0.15, 0.2) is 54.6 Å². The molecule has 1 atom stereocenters. The van der Waals surface area contributed by atoms with Crippen LogP contribution in [-0.4, -0.2) is 45.9 Å². The van der Waals surface area contributed by atoms with Gasteiger partial charge in [0.15, 0.2) is 6.10 Å². The third-order valence-electron chi connectivity index (χ3n) is 4.14. The fraction of sp³-hybridized carbons (Fsp3) is 0.316. The largest absolute Gasteiger partial charge is 0.492 e. The van der Waals surface area contributed by atoms with Gasteiger partial charge in [-0.3, -0.25) is 9.10 Å². The van der Waals surface area contributed by atoms with Crippen molar-refractivity contribution in [2.75, 3.05) is 29.8 Å². The second-order valence-corrected chi connectivity index (χ2v) is 8.14. The first-order valence-electron chi connectivity index (χ1n) is 8.73. The Balaban J connectivity index is 1.62. The van der Waals surface area contributed by atoms with Gasteiger partial charge in [0.05, 0.1) is 24.5 Å². The van der Waals surface area contributed by atoms with Gasteiger partial charge < -0.3 is 14.8 Å². The van der Waals surface area contributed by atoms with Crippen LogP contribution in [0.25, 0.3) is 0 Å². The fourth-order valence-corrected chi connectivity index (χ4v) is 3.86. The molecule has 1 aliphatic rings. The number of nitrogens with zero attached hydrogens (tertiary/aromatic N) is 1. The quantitative estimate of drug-likeness (QED) is 0.729. The molecule has 2 aromatic rings. The standard InChI is InChI=1S/C19H22N2O5S/c1-2-27(23,24)21-14-18(26-17-11-7-6-10-16(17)21)19(22)20-12-13-25-15-8-4-3-5-9-15/h3-11,18H,2,12-14H2,1H3,(H,20,22)/t18-/m1/s1. The van der Waals surface area contributed by atoms with Gasteiger partial charge in [0.2, 0.25) is 10.0 Å². The smallest absolute Gasteiger partial charge is 0.263 e. The third-order valence-corrected chi connectivity index (χ3v) is 5.89. The number of nitrogens with one attached hydrogen (secondary N) is 1. The number of anilines is 1. The maximum absolute atomic E-state index is 12.5. The topological polar surface area (TPSA) is 84.9 Å². The van der Waals surface area contributed by atoms with Gasteiger partial charge in [-0.25, -0.2) is 8.42 Å². The maximum Gasteiger partial charge on any atom is 0.263 e. The number of ether oxygens (including phenoxy) is 2. The second-order valence-electron chi connectivity index (χ2n) is 5.96. The minimum absolute atomic E-state index is 0.0550. The maximum atomic E-state index is 12.5. The number of para-hydroxylation sites is 3. The van der Waals surface area contributed by atoms with Crippen molar-refractivity contribution in [3.8, 4) is 11.5 Å². The normalized spacial score (nSPS) is 16.2. The van der Waals surface area contributed by atoms with Crippen LogP contribution in [0.2, 0.25) is 0 Å². The predicted octanol–water partition coefficient (Wildman–Crippen LogP) is 1.80. The minimum Gasteiger partial charge on any atom is -0.492 e. The predicted molar refractivity (Wildman–Crippen MR) is 103 cm³/mol. The van der Waals surface area contributed by atoms with Crippen molar-refractivity contribution in [1.29, 1.82) is 0 Å². The molecule has 0 bridgehead atoms. The Hall–Kier alpha value is -2.74. The van der Waals surface area contributed by atoms with Crippen molar-refractivity contribution in [3.05, 3.63) is 54.6 Å². The van der Waals surface area contributed by atoms with Gasteiger partial charge >= 0.3 is 0 Å². The highest BCUT2D eigenvalue weighted by Crippen LogP contribution is 2.34. The molecule has 1 amide bonds. The lowest BCUT2D eigenvalue weighted by molar-refractivity contribution is -0.127. The van der Waals surface area contributed by atoms with E-state index in [2.05, 4.69) is 5.32 Å². The number of carbonyl (C=O) groups excluding carboxylic acids is 1. The van der Waals surface area contributed by atoms with Crippen LogP contribution >= 0.6 is 0 Å². The average Bonchev–Trinajstić information content (AvgIpc) is 2.71. The average molecular weight is 390 g/mol. The van der Waals surface area contributed by atoms with Crippen molar-refractivity contribution < 1.29 is 22.7 Å². The summed E-state index contributed by atoms with van der Waals surface area (Å²) in [6, 6.07) is 16.1. The Morgan fingerprint density at radius 1 is 1.19 bits per heavy atom. The van der Waals surface area contributed by atoms with Crippen LogP contribution in [0.1, 0.15) is 6.92 Å². The summed E-state index contributed by atoms with van der Waals surface area (Å²) in [7, 11) is -3.51. The van der Waals surface area contributed by atoms with Crippen LogP contribution in [0, 0.1) is 0 Å². The number of fused-ring (bicyclic) bond motifs is 1. The molecule has 0 saturated heterocycles. The summed E-state index contributed by atoms with van der Waals surface area (Å²) in [5.41, 5.74) is 0.454. The zero-order chi connectivity index (χ0) is 19.3. The van der Waals surface area contributed by atoms with E-state index in [9.17, 15) is 13.2 Å². The van der Waals surface area contributed by atoms with Gasteiger partial charge in [-0.15, -0.1) is 0 Å². The van der Waals surface area contributed by atoms with Crippen LogP contribution in [0.3, 0.4) is 0 Å². The highest BCUT2D eigenvalue weighted by Gasteiger charge is 2.35. The van der Waals surface area contributed by atoms with Gasteiger partial charge in [-0.1, -0.05) is 30.3 Å². The minimum atomic E-state index is -3.51. The highest BCUT2D eigenvalue weighted by atomic mass is 32.2. The number of benzene rings is 2. The monoisotopic (exact) mass is 390 g/mol. The van der Waals surface area contributed by atoms with Crippen molar-refractivity contribution in [2.24, 2.45) is 0 Å². The number of carbonyl (C=O) groups is 1. The van der Waals surface area contributed by atoms with Gasteiger partial charge in [-0.05, 0) is 31.2 Å². The highest BCUT2D eigenvalue weighted by molar-refractivity contribution is 7.92. The second kappa shape index (κ2) is 8.30. The van der Waals surface area contributed by atoms with E-state index in [1.54, 1.807) is 31.2 Å². The van der Waals surface area contributed by atoms with Gasteiger partial charge in [0.1, 0.15) is 18.1 Å². The van der Waals surface area contributed by atoms with E-state index in [1.807, 2.05) is 30.3 Å². The zero-order valence-electron chi connectivity index (χ0n) is 15.0. The lowest BCUT2D eigenvalue weighted by Crippen LogP contribution is -2.51. The van der Waals surface area contributed by atoms with E-state index < -0.39 is 16.1 Å². The Labute approximate surface area is 158 Å². The zero-order valence-corrected chi connectivity index (χ0v) is 15.8. The number of amides is 1. The molecule has 1 heterocycles. The molecule has 0 aromatic heterocycles. The number of hydrogen-bond donors (Lipinski definition) is 1. The molecule has 0 aliphatic carbocycles. The van der Waals surface area contributed by atoms with Crippen molar-refractivity contribution in [1.82, 2.24) is 5.32 Å². The molecule has 0 saturated carbocycles. The van der Waals surface area contributed by atoms with E-state index in [-0.39, 0.29) is 24.7 Å². The van der Waals surface area contributed by atoms with E-state index in [1.165, 1.54) is 4.31 Å². The fourth-order valence-electron chi connectivity index (χ4n) is 2.73. The van der Waals surface area contributed by atoms with Crippen LogP contribution in [0.4, 0.5) is 5.69 Å². The molecule has 2 aromatic carbocycles. The molecule has 0 unspecified atom stereocenters. The molecule has 1 aliphatic heterocycles. The first-order valence-corrected chi connectivity index (χ1v) is 10.3. The number of sulfonamides is 1.